The van der Waals surface area contributed by atoms with Gasteiger partial charge in [0, 0.05) is 25.2 Å². The van der Waals surface area contributed by atoms with Crippen molar-refractivity contribution in [3.05, 3.63) is 100 Å². The van der Waals surface area contributed by atoms with Gasteiger partial charge in [-0.05, 0) is 56.2 Å². The van der Waals surface area contributed by atoms with Gasteiger partial charge in [0.1, 0.15) is 12.6 Å². The van der Waals surface area contributed by atoms with Crippen LogP contribution in [-0.2, 0) is 26.2 Å². The summed E-state index contributed by atoms with van der Waals surface area (Å²) in [5, 5.41) is 13.8. The minimum Gasteiger partial charge on any atom is -0.355 e. The van der Waals surface area contributed by atoms with E-state index in [1.165, 1.54) is 41.3 Å². The molecule has 0 bridgehead atoms. The summed E-state index contributed by atoms with van der Waals surface area (Å²) in [5.74, 6) is -0.980. The first-order valence-corrected chi connectivity index (χ1v) is 13.4. The number of hydrogen-bond acceptors (Lipinski definition) is 6. The molecule has 10 nitrogen and oxygen atoms in total. The molecule has 3 rings (SSSR count). The molecular formula is C27H30N4O6S. The molecule has 0 radical (unpaired) electrons. The Morgan fingerprint density at radius 2 is 1.58 bits per heavy atom. The summed E-state index contributed by atoms with van der Waals surface area (Å²) in [4.78, 5) is 38.3. The van der Waals surface area contributed by atoms with Gasteiger partial charge in [-0.15, -0.1) is 0 Å². The summed E-state index contributed by atoms with van der Waals surface area (Å²) >= 11 is 0. The number of aryl methyl sites for hydroxylation is 1. The molecule has 200 valence electrons. The van der Waals surface area contributed by atoms with E-state index in [2.05, 4.69) is 5.32 Å². The molecule has 0 fully saturated rings. The highest BCUT2D eigenvalue weighted by Crippen LogP contribution is 2.26. The molecule has 0 aliphatic heterocycles. The quantitative estimate of drug-likeness (QED) is 0.293. The van der Waals surface area contributed by atoms with E-state index in [0.29, 0.717) is 6.54 Å². The van der Waals surface area contributed by atoms with E-state index in [9.17, 15) is 28.1 Å². The minimum atomic E-state index is -4.24. The van der Waals surface area contributed by atoms with Gasteiger partial charge in [0.05, 0.1) is 15.5 Å². The molecule has 0 unspecified atom stereocenters. The predicted octanol–water partition coefficient (Wildman–Crippen LogP) is 3.65. The van der Waals surface area contributed by atoms with Crippen LogP contribution >= 0.6 is 0 Å². The van der Waals surface area contributed by atoms with Crippen LogP contribution < -0.4 is 9.62 Å². The van der Waals surface area contributed by atoms with E-state index in [-0.39, 0.29) is 28.7 Å². The Morgan fingerprint density at radius 3 is 2.16 bits per heavy atom. The fourth-order valence-electron chi connectivity index (χ4n) is 3.86. The maximum absolute atomic E-state index is 13.8. The number of carbonyl (C=O) groups is 2. The van der Waals surface area contributed by atoms with Crippen molar-refractivity contribution in [1.29, 1.82) is 0 Å². The normalized spacial score (nSPS) is 11.9. The molecule has 3 aromatic carbocycles. The number of hydrogen-bond donors (Lipinski definition) is 1. The first-order valence-electron chi connectivity index (χ1n) is 12.0. The molecule has 0 heterocycles. The predicted molar refractivity (Wildman–Crippen MR) is 144 cm³/mol. The average Bonchev–Trinajstić information content (AvgIpc) is 2.91. The molecule has 3 aromatic rings. The van der Waals surface area contributed by atoms with Crippen LogP contribution in [0.3, 0.4) is 0 Å². The third-order valence-corrected chi connectivity index (χ3v) is 7.87. The number of amides is 2. The van der Waals surface area contributed by atoms with E-state index in [4.69, 9.17) is 0 Å². The fourth-order valence-corrected chi connectivity index (χ4v) is 5.30. The summed E-state index contributed by atoms with van der Waals surface area (Å²) in [7, 11) is -4.24. The lowest BCUT2D eigenvalue weighted by atomic mass is 10.1. The standard InChI is InChI=1S/C27H30N4O6S/c1-4-28-27(33)21(3)29(18-22-11-9-8-10-20(22)2)26(32)19-30(23-14-16-24(17-15-23)31(34)35)38(36,37)25-12-6-5-7-13-25/h5-17,21H,4,18-19H2,1-3H3,(H,28,33)/t21-/m0/s1. The highest BCUT2D eigenvalue weighted by atomic mass is 32.2. The second-order valence-electron chi connectivity index (χ2n) is 8.62. The summed E-state index contributed by atoms with van der Waals surface area (Å²) in [6.45, 7) is 5.07. The van der Waals surface area contributed by atoms with Crippen LogP contribution in [0, 0.1) is 17.0 Å². The number of anilines is 1. The van der Waals surface area contributed by atoms with E-state index in [1.807, 2.05) is 31.2 Å². The van der Waals surface area contributed by atoms with Crippen LogP contribution in [0.5, 0.6) is 0 Å². The third-order valence-electron chi connectivity index (χ3n) is 6.08. The average molecular weight is 539 g/mol. The van der Waals surface area contributed by atoms with Gasteiger partial charge in [0.25, 0.3) is 15.7 Å². The lowest BCUT2D eigenvalue weighted by Crippen LogP contribution is -2.51. The van der Waals surface area contributed by atoms with Gasteiger partial charge in [-0.25, -0.2) is 8.42 Å². The van der Waals surface area contributed by atoms with Crippen molar-refractivity contribution in [3.63, 3.8) is 0 Å². The SMILES string of the molecule is CCNC(=O)[C@H](C)N(Cc1ccccc1C)C(=O)CN(c1ccc([N+](=O)[O-])cc1)S(=O)(=O)c1ccccc1. The van der Waals surface area contributed by atoms with Crippen LogP contribution in [0.25, 0.3) is 0 Å². The number of nitrogens with zero attached hydrogens (tertiary/aromatic N) is 3. The zero-order valence-electron chi connectivity index (χ0n) is 21.4. The Balaban J connectivity index is 2.05. The highest BCUT2D eigenvalue weighted by molar-refractivity contribution is 7.92. The van der Waals surface area contributed by atoms with Crippen molar-refractivity contribution in [2.24, 2.45) is 0 Å². The second-order valence-corrected chi connectivity index (χ2v) is 10.5. The zero-order valence-corrected chi connectivity index (χ0v) is 22.2. The number of sulfonamides is 1. The number of likely N-dealkylation sites (N-methyl/N-ethyl adjacent to an activating group) is 1. The monoisotopic (exact) mass is 538 g/mol. The van der Waals surface area contributed by atoms with Crippen molar-refractivity contribution in [1.82, 2.24) is 10.2 Å². The molecule has 0 spiro atoms. The number of carbonyl (C=O) groups excluding carboxylic acids is 2. The molecule has 2 amide bonds. The topological polar surface area (TPSA) is 130 Å². The molecule has 0 aliphatic carbocycles. The van der Waals surface area contributed by atoms with Gasteiger partial charge in [0.15, 0.2) is 0 Å². The lowest BCUT2D eigenvalue weighted by molar-refractivity contribution is -0.384. The highest BCUT2D eigenvalue weighted by Gasteiger charge is 2.32. The maximum atomic E-state index is 13.8. The Morgan fingerprint density at radius 1 is 0.974 bits per heavy atom. The van der Waals surface area contributed by atoms with Crippen LogP contribution in [0.15, 0.2) is 83.8 Å². The van der Waals surface area contributed by atoms with Gasteiger partial charge in [-0.1, -0.05) is 42.5 Å². The maximum Gasteiger partial charge on any atom is 0.269 e. The van der Waals surface area contributed by atoms with Crippen LogP contribution in [0.1, 0.15) is 25.0 Å². The molecule has 1 atom stereocenters. The Kier molecular flexibility index (Phi) is 9.19. The Hall–Kier alpha value is -4.25. The van der Waals surface area contributed by atoms with Gasteiger partial charge in [0.2, 0.25) is 11.8 Å². The van der Waals surface area contributed by atoms with Crippen LogP contribution in [0.2, 0.25) is 0 Å². The van der Waals surface area contributed by atoms with Crippen LogP contribution in [0.4, 0.5) is 11.4 Å². The van der Waals surface area contributed by atoms with Gasteiger partial charge in [-0.2, -0.15) is 0 Å². The summed E-state index contributed by atoms with van der Waals surface area (Å²) in [6.07, 6.45) is 0. The van der Waals surface area contributed by atoms with E-state index in [1.54, 1.807) is 32.0 Å². The number of benzene rings is 3. The number of nitrogens with one attached hydrogen (secondary N) is 1. The van der Waals surface area contributed by atoms with Crippen molar-refractivity contribution in [3.8, 4) is 0 Å². The minimum absolute atomic E-state index is 0.0478. The van der Waals surface area contributed by atoms with Gasteiger partial charge < -0.3 is 10.2 Å². The van der Waals surface area contributed by atoms with E-state index in [0.717, 1.165) is 15.4 Å². The van der Waals surface area contributed by atoms with Crippen molar-refractivity contribution in [2.45, 2.75) is 38.3 Å². The number of nitro groups is 1. The third kappa shape index (κ3) is 6.54. The molecule has 0 saturated heterocycles. The lowest BCUT2D eigenvalue weighted by Gasteiger charge is -2.32. The first kappa shape index (κ1) is 28.3. The molecule has 1 N–H and O–H groups in total. The van der Waals surface area contributed by atoms with Crippen LogP contribution in [-0.4, -0.2) is 49.2 Å². The molecule has 0 saturated carbocycles. The molecule has 38 heavy (non-hydrogen) atoms. The molecule has 0 aliphatic rings. The van der Waals surface area contributed by atoms with E-state index >= 15 is 0 Å². The van der Waals surface area contributed by atoms with Gasteiger partial charge >= 0.3 is 0 Å². The Labute approximate surface area is 222 Å². The fraction of sp³-hybridized carbons (Fsp3) is 0.259. The zero-order chi connectivity index (χ0) is 27.9. The number of rotatable bonds is 11. The summed E-state index contributed by atoms with van der Waals surface area (Å²) in [5.41, 5.74) is 1.58. The second kappa shape index (κ2) is 12.3. The Bertz CT molecular complexity index is 1390. The van der Waals surface area contributed by atoms with Crippen molar-refractivity contribution >= 4 is 33.2 Å². The van der Waals surface area contributed by atoms with Crippen molar-refractivity contribution in [2.75, 3.05) is 17.4 Å². The first-order chi connectivity index (χ1) is 18.1. The largest absolute Gasteiger partial charge is 0.355 e. The number of nitro benzene ring substituents is 1. The van der Waals surface area contributed by atoms with Crippen molar-refractivity contribution < 1.29 is 22.9 Å². The molecule has 11 heteroatoms. The summed E-state index contributed by atoms with van der Waals surface area (Å²) in [6, 6.07) is 19.0. The van der Waals surface area contributed by atoms with E-state index < -0.39 is 33.4 Å². The summed E-state index contributed by atoms with van der Waals surface area (Å²) < 4.78 is 28.2. The molecular weight excluding hydrogens is 508 g/mol. The van der Waals surface area contributed by atoms with Gasteiger partial charge in [-0.3, -0.25) is 24.0 Å². The molecule has 0 aromatic heterocycles. The smallest absolute Gasteiger partial charge is 0.269 e. The number of non-ortho nitro benzene ring substituents is 1.